The van der Waals surface area contributed by atoms with Crippen LogP contribution in [0.15, 0.2) is 84.9 Å². The molecule has 36 heavy (non-hydrogen) atoms. The molecule has 0 radical (unpaired) electrons. The van der Waals surface area contributed by atoms with Gasteiger partial charge in [0.25, 0.3) is 0 Å². The van der Waals surface area contributed by atoms with Crippen LogP contribution < -0.4 is 0 Å². The van der Waals surface area contributed by atoms with Crippen LogP contribution in [0.5, 0.6) is 0 Å². The lowest BCUT2D eigenvalue weighted by molar-refractivity contribution is 0.866. The number of hydrogen-bond acceptors (Lipinski definition) is 3. The summed E-state index contributed by atoms with van der Waals surface area (Å²) in [5.41, 5.74) is 6.80. The highest BCUT2D eigenvalue weighted by Crippen LogP contribution is 2.35. The number of pyridine rings is 1. The number of allylic oxidation sites excluding steroid dienone is 1. The summed E-state index contributed by atoms with van der Waals surface area (Å²) in [6.45, 7) is 0. The molecule has 0 spiro atoms. The minimum Gasteiger partial charge on any atom is -0.297 e. The minimum atomic E-state index is 0.641. The third-order valence-corrected chi connectivity index (χ3v) is 7.05. The van der Waals surface area contributed by atoms with Crippen molar-refractivity contribution >= 4 is 38.8 Å². The van der Waals surface area contributed by atoms with Gasteiger partial charge in [-0.15, -0.1) is 0 Å². The molecule has 0 bridgehead atoms. The van der Waals surface area contributed by atoms with E-state index in [1.165, 1.54) is 11.3 Å². The number of hydrogen-bond donors (Lipinski definition) is 0. The van der Waals surface area contributed by atoms with Gasteiger partial charge >= 0.3 is 0 Å². The predicted molar refractivity (Wildman–Crippen MR) is 142 cm³/mol. The van der Waals surface area contributed by atoms with Crippen molar-refractivity contribution in [3.63, 3.8) is 0 Å². The van der Waals surface area contributed by atoms with Crippen LogP contribution in [-0.2, 0) is 6.42 Å². The van der Waals surface area contributed by atoms with Gasteiger partial charge in [0.2, 0.25) is 0 Å². The Morgan fingerprint density at radius 3 is 2.11 bits per heavy atom. The van der Waals surface area contributed by atoms with Crippen LogP contribution >= 0.6 is 0 Å². The molecule has 0 amide bonds. The summed E-state index contributed by atoms with van der Waals surface area (Å²) in [6.07, 6.45) is 6.26. The van der Waals surface area contributed by atoms with Crippen molar-refractivity contribution in [2.45, 2.75) is 12.8 Å². The molecular formula is C31H19N5. The molecule has 0 N–H and O–H groups in total. The maximum Gasteiger partial charge on any atom is 0.140 e. The second kappa shape index (κ2) is 7.70. The maximum absolute atomic E-state index is 9.47. The lowest BCUT2D eigenvalue weighted by Crippen LogP contribution is -2.07. The number of para-hydroxylation sites is 1. The van der Waals surface area contributed by atoms with Crippen molar-refractivity contribution in [2.75, 3.05) is 0 Å². The van der Waals surface area contributed by atoms with Gasteiger partial charge in [-0.05, 0) is 67.4 Å². The fraction of sp³-hybridized carbons (Fsp3) is 0.0645. The Labute approximate surface area is 207 Å². The van der Waals surface area contributed by atoms with Crippen molar-refractivity contribution in [1.82, 2.24) is 14.1 Å². The van der Waals surface area contributed by atoms with Crippen LogP contribution in [0.2, 0.25) is 0 Å². The van der Waals surface area contributed by atoms with Crippen LogP contribution in [0.1, 0.15) is 28.8 Å². The Morgan fingerprint density at radius 1 is 0.667 bits per heavy atom. The Kier molecular flexibility index (Phi) is 4.33. The van der Waals surface area contributed by atoms with Crippen LogP contribution in [0.4, 0.5) is 0 Å². The van der Waals surface area contributed by atoms with E-state index in [0.717, 1.165) is 57.2 Å². The van der Waals surface area contributed by atoms with Crippen LogP contribution in [0, 0.1) is 22.7 Å². The first-order valence-electron chi connectivity index (χ1n) is 11.9. The maximum atomic E-state index is 9.47. The van der Waals surface area contributed by atoms with Crippen molar-refractivity contribution < 1.29 is 0 Å². The topological polar surface area (TPSA) is 70.3 Å². The third-order valence-electron chi connectivity index (χ3n) is 7.05. The van der Waals surface area contributed by atoms with Gasteiger partial charge < -0.3 is 0 Å². The van der Waals surface area contributed by atoms with Gasteiger partial charge in [-0.25, -0.2) is 4.98 Å². The van der Waals surface area contributed by atoms with Crippen LogP contribution in [0.25, 0.3) is 50.4 Å². The number of nitriles is 2. The molecule has 3 heterocycles. The summed E-state index contributed by atoms with van der Waals surface area (Å²) in [5, 5.41) is 22.1. The van der Waals surface area contributed by atoms with Gasteiger partial charge in [-0.3, -0.25) is 9.13 Å². The highest BCUT2D eigenvalue weighted by atomic mass is 15.1. The Hall–Kier alpha value is -5.13. The van der Waals surface area contributed by atoms with E-state index < -0.39 is 0 Å². The number of rotatable bonds is 2. The summed E-state index contributed by atoms with van der Waals surface area (Å²) in [7, 11) is 0. The standard InChI is InChI=1S/C31H19N5/c32-18-20-12-14-28-24(16-20)22-6-1-3-8-26(22)35(28)30-10-5-11-31(34-30)36-27-9-4-2-7-23(27)25-17-21(19-33)13-15-29(25)36/h1-3,5-8,10-17H,4,9H2. The van der Waals surface area contributed by atoms with E-state index in [9.17, 15) is 10.5 Å². The molecule has 168 valence electrons. The summed E-state index contributed by atoms with van der Waals surface area (Å²) >= 11 is 0. The number of aromatic nitrogens is 3. The van der Waals surface area contributed by atoms with E-state index in [2.05, 4.69) is 45.6 Å². The van der Waals surface area contributed by atoms with Gasteiger partial charge in [0.1, 0.15) is 11.6 Å². The molecule has 3 aromatic heterocycles. The van der Waals surface area contributed by atoms with Gasteiger partial charge in [-0.2, -0.15) is 10.5 Å². The lowest BCUT2D eigenvalue weighted by atomic mass is 10.0. The molecule has 6 aromatic rings. The first-order valence-corrected chi connectivity index (χ1v) is 11.9. The zero-order chi connectivity index (χ0) is 24.2. The molecule has 0 atom stereocenters. The Morgan fingerprint density at radius 2 is 1.33 bits per heavy atom. The first kappa shape index (κ1) is 20.3. The second-order valence-electron chi connectivity index (χ2n) is 9.03. The fourth-order valence-corrected chi connectivity index (χ4v) is 5.50. The third kappa shape index (κ3) is 2.84. The van der Waals surface area contributed by atoms with E-state index >= 15 is 0 Å². The predicted octanol–water partition coefficient (Wildman–Crippen LogP) is 6.83. The molecule has 5 nitrogen and oxygen atoms in total. The average molecular weight is 462 g/mol. The zero-order valence-electron chi connectivity index (χ0n) is 19.3. The molecule has 0 fully saturated rings. The van der Waals surface area contributed by atoms with E-state index in [0.29, 0.717) is 11.1 Å². The molecule has 1 aliphatic rings. The molecule has 7 rings (SSSR count). The average Bonchev–Trinajstić information content (AvgIpc) is 3.45. The molecule has 1 aliphatic carbocycles. The molecule has 3 aromatic carbocycles. The molecule has 5 heteroatoms. The highest BCUT2D eigenvalue weighted by Gasteiger charge is 2.20. The molecular weight excluding hydrogens is 442 g/mol. The van der Waals surface area contributed by atoms with Crippen molar-refractivity contribution in [3.05, 3.63) is 107 Å². The quantitative estimate of drug-likeness (QED) is 0.284. The van der Waals surface area contributed by atoms with E-state index in [1.54, 1.807) is 0 Å². The van der Waals surface area contributed by atoms with E-state index in [4.69, 9.17) is 4.98 Å². The fourth-order valence-electron chi connectivity index (χ4n) is 5.50. The zero-order valence-corrected chi connectivity index (χ0v) is 19.3. The molecule has 0 saturated heterocycles. The van der Waals surface area contributed by atoms with Gasteiger partial charge in [0.05, 0.1) is 39.8 Å². The van der Waals surface area contributed by atoms with Crippen molar-refractivity contribution in [2.24, 2.45) is 0 Å². The Balaban J connectivity index is 1.51. The summed E-state index contributed by atoms with van der Waals surface area (Å²) in [4.78, 5) is 5.17. The molecule has 0 aliphatic heterocycles. The van der Waals surface area contributed by atoms with Crippen LogP contribution in [-0.4, -0.2) is 14.1 Å². The van der Waals surface area contributed by atoms with Gasteiger partial charge in [-0.1, -0.05) is 36.4 Å². The van der Waals surface area contributed by atoms with Gasteiger partial charge in [0, 0.05) is 27.4 Å². The summed E-state index contributed by atoms with van der Waals surface area (Å²) < 4.78 is 4.40. The smallest absolute Gasteiger partial charge is 0.140 e. The lowest BCUT2D eigenvalue weighted by Gasteiger charge is -2.14. The Bertz CT molecular complexity index is 1970. The SMILES string of the molecule is N#Cc1ccc2c(c1)c1c(n2-c2cccc(-n3c4ccccc4c4cc(C#N)ccc43)n2)CCC=C1. The van der Waals surface area contributed by atoms with Crippen LogP contribution in [0.3, 0.4) is 0 Å². The van der Waals surface area contributed by atoms with Crippen molar-refractivity contribution in [3.8, 4) is 23.8 Å². The highest BCUT2D eigenvalue weighted by molar-refractivity contribution is 6.09. The molecule has 0 unspecified atom stereocenters. The summed E-state index contributed by atoms with van der Waals surface area (Å²) in [5.74, 6) is 1.66. The van der Waals surface area contributed by atoms with E-state index in [-0.39, 0.29) is 0 Å². The summed E-state index contributed by atoms with van der Waals surface area (Å²) in [6, 6.07) is 30.6. The van der Waals surface area contributed by atoms with Gasteiger partial charge in [0.15, 0.2) is 0 Å². The number of fused-ring (bicyclic) bond motifs is 6. The largest absolute Gasteiger partial charge is 0.297 e. The normalized spacial score (nSPS) is 12.6. The second-order valence-corrected chi connectivity index (χ2v) is 9.03. The van der Waals surface area contributed by atoms with E-state index in [1.807, 2.05) is 66.7 Å². The minimum absolute atomic E-state index is 0.641. The number of nitrogens with zero attached hydrogens (tertiary/aromatic N) is 5. The first-order chi connectivity index (χ1) is 17.8. The molecule has 0 saturated carbocycles. The monoisotopic (exact) mass is 461 g/mol. The van der Waals surface area contributed by atoms with Crippen molar-refractivity contribution in [1.29, 1.82) is 10.5 Å². The number of benzene rings is 3.